The summed E-state index contributed by atoms with van der Waals surface area (Å²) in [5.74, 6) is -1.15. The quantitative estimate of drug-likeness (QED) is 0.866. The van der Waals surface area contributed by atoms with Crippen LogP contribution < -0.4 is 4.72 Å². The summed E-state index contributed by atoms with van der Waals surface area (Å²) in [6.07, 6.45) is -4.95. The largest absolute Gasteiger partial charge is 0.418 e. The van der Waals surface area contributed by atoms with Crippen molar-refractivity contribution >= 4 is 15.7 Å². The van der Waals surface area contributed by atoms with Gasteiger partial charge in [-0.05, 0) is 30.3 Å². The van der Waals surface area contributed by atoms with Gasteiger partial charge in [-0.25, -0.2) is 12.8 Å². The van der Waals surface area contributed by atoms with Crippen LogP contribution in [0.1, 0.15) is 11.1 Å². The zero-order valence-electron chi connectivity index (χ0n) is 11.2. The predicted molar refractivity (Wildman–Crippen MR) is 73.4 cm³/mol. The van der Waals surface area contributed by atoms with Gasteiger partial charge in [-0.15, -0.1) is 0 Å². The Bertz CT molecular complexity index is 886. The molecule has 0 spiro atoms. The predicted octanol–water partition coefficient (Wildman–Crippen LogP) is 3.52. The van der Waals surface area contributed by atoms with Crippen molar-refractivity contribution in [2.24, 2.45) is 0 Å². The first-order valence-electron chi connectivity index (χ1n) is 6.04. The summed E-state index contributed by atoms with van der Waals surface area (Å²) in [6, 6.07) is 8.23. The Morgan fingerprint density at radius 1 is 1.09 bits per heavy atom. The third kappa shape index (κ3) is 3.60. The van der Waals surface area contributed by atoms with Crippen molar-refractivity contribution in [3.05, 3.63) is 59.4 Å². The van der Waals surface area contributed by atoms with Gasteiger partial charge in [0.05, 0.1) is 16.8 Å². The van der Waals surface area contributed by atoms with Crippen molar-refractivity contribution in [3.8, 4) is 6.07 Å². The Balaban J connectivity index is 2.53. The number of alkyl halides is 3. The summed E-state index contributed by atoms with van der Waals surface area (Å²) >= 11 is 0. The van der Waals surface area contributed by atoms with Crippen molar-refractivity contribution in [2.75, 3.05) is 4.72 Å². The van der Waals surface area contributed by atoms with Gasteiger partial charge in [0.1, 0.15) is 16.8 Å². The molecule has 0 radical (unpaired) electrons. The van der Waals surface area contributed by atoms with Gasteiger partial charge < -0.3 is 0 Å². The summed E-state index contributed by atoms with van der Waals surface area (Å²) in [5.41, 5.74) is -2.52. The van der Waals surface area contributed by atoms with Gasteiger partial charge in [0.15, 0.2) is 0 Å². The zero-order chi connectivity index (χ0) is 17.3. The van der Waals surface area contributed by atoms with E-state index in [1.165, 1.54) is 18.2 Å². The number of rotatable bonds is 3. The first-order chi connectivity index (χ1) is 10.6. The highest BCUT2D eigenvalue weighted by atomic mass is 32.2. The average molecular weight is 344 g/mol. The van der Waals surface area contributed by atoms with Gasteiger partial charge in [-0.3, -0.25) is 4.72 Å². The fraction of sp³-hybridized carbons (Fsp3) is 0.0714. The second kappa shape index (κ2) is 5.89. The van der Waals surface area contributed by atoms with Gasteiger partial charge in [-0.1, -0.05) is 12.1 Å². The van der Waals surface area contributed by atoms with Crippen LogP contribution in [-0.2, 0) is 16.2 Å². The monoisotopic (exact) mass is 344 g/mol. The highest BCUT2D eigenvalue weighted by Crippen LogP contribution is 2.36. The normalized spacial score (nSPS) is 11.8. The third-order valence-corrected chi connectivity index (χ3v) is 4.25. The fourth-order valence-corrected chi connectivity index (χ4v) is 3.07. The van der Waals surface area contributed by atoms with Crippen LogP contribution in [0, 0.1) is 17.1 Å². The highest BCUT2D eigenvalue weighted by Gasteiger charge is 2.35. The number of nitrogens with one attached hydrogen (secondary N) is 1. The Morgan fingerprint density at radius 2 is 1.74 bits per heavy atom. The van der Waals surface area contributed by atoms with Gasteiger partial charge in [0.25, 0.3) is 10.0 Å². The maximum absolute atomic E-state index is 13.0. The smallest absolute Gasteiger partial charge is 0.279 e. The van der Waals surface area contributed by atoms with Crippen LogP contribution in [0.4, 0.5) is 23.2 Å². The Labute approximate surface area is 129 Å². The number of nitriles is 1. The SMILES string of the molecule is N#Cc1ccccc1S(=O)(=O)Nc1ccc(F)cc1C(F)(F)F. The van der Waals surface area contributed by atoms with Crippen molar-refractivity contribution in [1.29, 1.82) is 5.26 Å². The molecule has 23 heavy (non-hydrogen) atoms. The van der Waals surface area contributed by atoms with Crippen molar-refractivity contribution < 1.29 is 26.0 Å². The molecule has 0 saturated heterocycles. The number of hydrogen-bond donors (Lipinski definition) is 1. The Morgan fingerprint density at radius 3 is 2.35 bits per heavy atom. The molecule has 0 aromatic heterocycles. The lowest BCUT2D eigenvalue weighted by Crippen LogP contribution is -2.18. The van der Waals surface area contributed by atoms with E-state index >= 15 is 0 Å². The summed E-state index contributed by atoms with van der Waals surface area (Å²) in [4.78, 5) is -0.472. The van der Waals surface area contributed by atoms with E-state index in [4.69, 9.17) is 5.26 Å². The molecule has 2 aromatic rings. The molecule has 0 fully saturated rings. The van der Waals surface area contributed by atoms with E-state index in [0.717, 1.165) is 6.07 Å². The molecule has 2 aromatic carbocycles. The molecule has 0 unspecified atom stereocenters. The second-order valence-electron chi connectivity index (χ2n) is 4.40. The van der Waals surface area contributed by atoms with E-state index in [1.54, 1.807) is 10.8 Å². The molecule has 0 aliphatic rings. The molecule has 0 saturated carbocycles. The number of anilines is 1. The van der Waals surface area contributed by atoms with Gasteiger partial charge in [0, 0.05) is 0 Å². The van der Waals surface area contributed by atoms with E-state index in [1.807, 2.05) is 0 Å². The summed E-state index contributed by atoms with van der Waals surface area (Å²) in [6.45, 7) is 0. The third-order valence-electron chi connectivity index (χ3n) is 2.83. The Hall–Kier alpha value is -2.60. The second-order valence-corrected chi connectivity index (χ2v) is 6.05. The summed E-state index contributed by atoms with van der Waals surface area (Å²) < 4.78 is 77.9. The molecular formula is C14H8F4N2O2S. The van der Waals surface area contributed by atoms with E-state index in [2.05, 4.69) is 0 Å². The van der Waals surface area contributed by atoms with Crippen LogP contribution in [-0.4, -0.2) is 8.42 Å². The number of nitrogens with zero attached hydrogens (tertiary/aromatic N) is 1. The molecule has 0 amide bonds. The van der Waals surface area contributed by atoms with Crippen molar-refractivity contribution in [3.63, 3.8) is 0 Å². The molecule has 120 valence electrons. The maximum Gasteiger partial charge on any atom is 0.418 e. The molecular weight excluding hydrogens is 336 g/mol. The minimum absolute atomic E-state index is 0.189. The van der Waals surface area contributed by atoms with Gasteiger partial charge in [-0.2, -0.15) is 18.4 Å². The molecule has 0 atom stereocenters. The van der Waals surface area contributed by atoms with Crippen LogP contribution in [0.2, 0.25) is 0 Å². The number of sulfonamides is 1. The topological polar surface area (TPSA) is 70.0 Å². The van der Waals surface area contributed by atoms with E-state index in [9.17, 15) is 26.0 Å². The molecule has 1 N–H and O–H groups in total. The standard InChI is InChI=1S/C14H8F4N2O2S/c15-10-5-6-12(11(7-10)14(16,17)18)20-23(21,22)13-4-2-1-3-9(13)8-19/h1-7,20H. The Kier molecular flexibility index (Phi) is 4.29. The summed E-state index contributed by atoms with van der Waals surface area (Å²) in [7, 11) is -4.45. The minimum Gasteiger partial charge on any atom is -0.279 e. The first kappa shape index (κ1) is 16.8. The number of halogens is 4. The maximum atomic E-state index is 13.0. The minimum atomic E-state index is -4.95. The molecule has 0 heterocycles. The lowest BCUT2D eigenvalue weighted by molar-refractivity contribution is -0.137. The number of hydrogen-bond acceptors (Lipinski definition) is 3. The molecule has 2 rings (SSSR count). The van der Waals surface area contributed by atoms with Crippen LogP contribution in [0.15, 0.2) is 47.4 Å². The van der Waals surface area contributed by atoms with Crippen molar-refractivity contribution in [2.45, 2.75) is 11.1 Å². The first-order valence-corrected chi connectivity index (χ1v) is 7.52. The highest BCUT2D eigenvalue weighted by molar-refractivity contribution is 7.92. The lowest BCUT2D eigenvalue weighted by atomic mass is 10.2. The van der Waals surface area contributed by atoms with E-state index in [-0.39, 0.29) is 11.6 Å². The van der Waals surface area contributed by atoms with Crippen LogP contribution in [0.25, 0.3) is 0 Å². The van der Waals surface area contributed by atoms with Crippen LogP contribution in [0.5, 0.6) is 0 Å². The molecule has 9 heteroatoms. The van der Waals surface area contributed by atoms with Crippen LogP contribution >= 0.6 is 0 Å². The van der Waals surface area contributed by atoms with Crippen molar-refractivity contribution in [1.82, 2.24) is 0 Å². The fourth-order valence-electron chi connectivity index (χ4n) is 1.83. The molecule has 0 bridgehead atoms. The van der Waals surface area contributed by atoms with E-state index in [0.29, 0.717) is 12.1 Å². The van der Waals surface area contributed by atoms with Gasteiger partial charge in [0.2, 0.25) is 0 Å². The summed E-state index contributed by atoms with van der Waals surface area (Å²) in [5, 5.41) is 8.90. The molecule has 4 nitrogen and oxygen atoms in total. The number of benzene rings is 2. The molecule has 0 aliphatic carbocycles. The van der Waals surface area contributed by atoms with E-state index < -0.39 is 38.2 Å². The average Bonchev–Trinajstić information content (AvgIpc) is 2.48. The molecule has 0 aliphatic heterocycles. The van der Waals surface area contributed by atoms with Gasteiger partial charge >= 0.3 is 6.18 Å². The zero-order valence-corrected chi connectivity index (χ0v) is 12.0. The lowest BCUT2D eigenvalue weighted by Gasteiger charge is -2.15. The van der Waals surface area contributed by atoms with Crippen LogP contribution in [0.3, 0.4) is 0 Å².